The van der Waals surface area contributed by atoms with Gasteiger partial charge in [0.25, 0.3) is 0 Å². The van der Waals surface area contributed by atoms with E-state index in [4.69, 9.17) is 5.11 Å². The Morgan fingerprint density at radius 3 is 2.67 bits per heavy atom. The number of hydrogen-bond acceptors (Lipinski definition) is 3. The van der Waals surface area contributed by atoms with Gasteiger partial charge in [0.05, 0.1) is 6.10 Å². The first-order valence-corrected chi connectivity index (χ1v) is 3.93. The number of carbonyl (C=O) groups excluding carboxylic acids is 1. The number of aliphatic hydroxyl groups is 1. The molecular weight excluding hydrogens is 136 g/mol. The highest BCUT2D eigenvalue weighted by Gasteiger charge is 1.97. The highest BCUT2D eigenvalue weighted by Crippen LogP contribution is 2.04. The Bertz CT molecular complexity index is 91.1. The summed E-state index contributed by atoms with van der Waals surface area (Å²) < 4.78 is 0. The van der Waals surface area contributed by atoms with Gasteiger partial charge in [-0.25, -0.2) is 0 Å². The van der Waals surface area contributed by atoms with Crippen molar-refractivity contribution in [3.63, 3.8) is 0 Å². The van der Waals surface area contributed by atoms with E-state index in [1.54, 1.807) is 6.92 Å². The molecule has 0 bridgehead atoms. The van der Waals surface area contributed by atoms with E-state index in [-0.39, 0.29) is 11.2 Å². The summed E-state index contributed by atoms with van der Waals surface area (Å²) in [7, 11) is 0. The van der Waals surface area contributed by atoms with Gasteiger partial charge in [0.15, 0.2) is 5.12 Å². The van der Waals surface area contributed by atoms with E-state index < -0.39 is 0 Å². The van der Waals surface area contributed by atoms with Crippen LogP contribution in [-0.2, 0) is 4.79 Å². The predicted octanol–water partition coefficient (Wildman–Crippen LogP) is 1.04. The van der Waals surface area contributed by atoms with Crippen molar-refractivity contribution in [2.75, 3.05) is 5.75 Å². The molecular formula is C6H12O2S. The van der Waals surface area contributed by atoms with Gasteiger partial charge in [-0.1, -0.05) is 11.8 Å². The minimum Gasteiger partial charge on any atom is -0.393 e. The molecule has 0 aromatic carbocycles. The van der Waals surface area contributed by atoms with Crippen LogP contribution in [-0.4, -0.2) is 22.1 Å². The van der Waals surface area contributed by atoms with Crippen molar-refractivity contribution in [3.05, 3.63) is 0 Å². The minimum absolute atomic E-state index is 0.121. The molecule has 1 atom stereocenters. The van der Waals surface area contributed by atoms with Gasteiger partial charge in [-0.2, -0.15) is 0 Å². The summed E-state index contributed by atoms with van der Waals surface area (Å²) in [5.74, 6) is 0.729. The Kier molecular flexibility index (Phi) is 4.81. The lowest BCUT2D eigenvalue weighted by Crippen LogP contribution is -2.01. The van der Waals surface area contributed by atoms with E-state index >= 15 is 0 Å². The van der Waals surface area contributed by atoms with E-state index in [9.17, 15) is 4.79 Å². The molecule has 0 fully saturated rings. The SMILES string of the molecule is CC(=O)SCCC(C)O. The highest BCUT2D eigenvalue weighted by molar-refractivity contribution is 8.13. The number of hydrogen-bond donors (Lipinski definition) is 1. The summed E-state index contributed by atoms with van der Waals surface area (Å²) in [5, 5.41) is 8.86. The molecule has 0 spiro atoms. The summed E-state index contributed by atoms with van der Waals surface area (Å²) in [6, 6.07) is 0. The number of aliphatic hydroxyl groups excluding tert-OH is 1. The van der Waals surface area contributed by atoms with Crippen LogP contribution in [0.2, 0.25) is 0 Å². The van der Waals surface area contributed by atoms with Crippen LogP contribution in [0.1, 0.15) is 20.3 Å². The van der Waals surface area contributed by atoms with Crippen molar-refractivity contribution in [3.8, 4) is 0 Å². The lowest BCUT2D eigenvalue weighted by Gasteiger charge is -1.99. The van der Waals surface area contributed by atoms with Crippen molar-refractivity contribution in [1.82, 2.24) is 0 Å². The zero-order valence-electron chi connectivity index (χ0n) is 5.76. The summed E-state index contributed by atoms with van der Waals surface area (Å²) in [4.78, 5) is 10.3. The summed E-state index contributed by atoms with van der Waals surface area (Å²) >= 11 is 1.26. The van der Waals surface area contributed by atoms with E-state index in [1.807, 2.05) is 0 Å². The first-order valence-electron chi connectivity index (χ1n) is 2.94. The Labute approximate surface area is 59.6 Å². The molecule has 0 amide bonds. The fraction of sp³-hybridized carbons (Fsp3) is 0.833. The average molecular weight is 148 g/mol. The maximum absolute atomic E-state index is 10.3. The van der Waals surface area contributed by atoms with Crippen molar-refractivity contribution in [2.24, 2.45) is 0 Å². The molecule has 0 heterocycles. The predicted molar refractivity (Wildman–Crippen MR) is 39.4 cm³/mol. The van der Waals surface area contributed by atoms with Crippen molar-refractivity contribution in [2.45, 2.75) is 26.4 Å². The van der Waals surface area contributed by atoms with Crippen molar-refractivity contribution < 1.29 is 9.90 Å². The summed E-state index contributed by atoms with van der Waals surface area (Å²) in [6.45, 7) is 3.26. The molecule has 2 nitrogen and oxygen atoms in total. The standard InChI is InChI=1S/C6H12O2S/c1-5(7)3-4-9-6(2)8/h5,7H,3-4H2,1-2H3. The second-order valence-electron chi connectivity index (χ2n) is 1.98. The first kappa shape index (κ1) is 8.98. The smallest absolute Gasteiger partial charge is 0.185 e. The maximum Gasteiger partial charge on any atom is 0.185 e. The van der Waals surface area contributed by atoms with Gasteiger partial charge in [-0.15, -0.1) is 0 Å². The van der Waals surface area contributed by atoms with Gasteiger partial charge in [0.2, 0.25) is 0 Å². The van der Waals surface area contributed by atoms with Gasteiger partial charge in [0.1, 0.15) is 0 Å². The van der Waals surface area contributed by atoms with Crippen LogP contribution in [0.15, 0.2) is 0 Å². The normalized spacial score (nSPS) is 13.2. The molecule has 0 aliphatic carbocycles. The Balaban J connectivity index is 3.01. The molecule has 0 aliphatic rings. The lowest BCUT2D eigenvalue weighted by atomic mass is 10.3. The third-order valence-corrected chi connectivity index (χ3v) is 1.69. The summed E-state index contributed by atoms with van der Waals surface area (Å²) in [6.07, 6.45) is 0.418. The van der Waals surface area contributed by atoms with Crippen molar-refractivity contribution in [1.29, 1.82) is 0 Å². The molecule has 54 valence electrons. The van der Waals surface area contributed by atoms with Crippen LogP contribution in [0.5, 0.6) is 0 Å². The van der Waals surface area contributed by atoms with Crippen LogP contribution in [0.4, 0.5) is 0 Å². The Morgan fingerprint density at radius 1 is 1.78 bits per heavy atom. The number of thioether (sulfide) groups is 1. The van der Waals surface area contributed by atoms with Crippen LogP contribution >= 0.6 is 11.8 Å². The fourth-order valence-electron chi connectivity index (χ4n) is 0.373. The van der Waals surface area contributed by atoms with Gasteiger partial charge >= 0.3 is 0 Å². The molecule has 0 radical (unpaired) electrons. The Morgan fingerprint density at radius 2 is 2.33 bits per heavy atom. The van der Waals surface area contributed by atoms with E-state index in [0.29, 0.717) is 6.42 Å². The molecule has 9 heavy (non-hydrogen) atoms. The molecule has 3 heteroatoms. The average Bonchev–Trinajstić information content (AvgIpc) is 1.63. The lowest BCUT2D eigenvalue weighted by molar-refractivity contribution is -0.109. The molecule has 1 N–H and O–H groups in total. The number of rotatable bonds is 3. The second kappa shape index (κ2) is 4.82. The third-order valence-electron chi connectivity index (χ3n) is 0.841. The third kappa shape index (κ3) is 7.98. The zero-order valence-corrected chi connectivity index (χ0v) is 6.57. The Hall–Kier alpha value is -0.0200. The first-order chi connectivity index (χ1) is 4.13. The van der Waals surface area contributed by atoms with Gasteiger partial charge in [-0.05, 0) is 13.3 Å². The number of carbonyl (C=O) groups is 1. The van der Waals surface area contributed by atoms with E-state index in [0.717, 1.165) is 5.75 Å². The molecule has 0 aromatic heterocycles. The monoisotopic (exact) mass is 148 g/mol. The molecule has 0 saturated heterocycles. The minimum atomic E-state index is -0.281. The van der Waals surface area contributed by atoms with Crippen molar-refractivity contribution >= 4 is 16.9 Å². The molecule has 0 saturated carbocycles. The van der Waals surface area contributed by atoms with Gasteiger partial charge in [0, 0.05) is 12.7 Å². The topological polar surface area (TPSA) is 37.3 Å². The van der Waals surface area contributed by atoms with Crippen LogP contribution in [0.3, 0.4) is 0 Å². The maximum atomic E-state index is 10.3. The molecule has 0 aliphatic heterocycles. The van der Waals surface area contributed by atoms with E-state index in [1.165, 1.54) is 18.7 Å². The zero-order chi connectivity index (χ0) is 7.28. The molecule has 1 unspecified atom stereocenters. The van der Waals surface area contributed by atoms with Crippen LogP contribution in [0.25, 0.3) is 0 Å². The molecule has 0 rings (SSSR count). The van der Waals surface area contributed by atoms with Gasteiger partial charge < -0.3 is 5.11 Å². The largest absolute Gasteiger partial charge is 0.393 e. The summed E-state index contributed by atoms with van der Waals surface area (Å²) in [5.41, 5.74) is 0. The van der Waals surface area contributed by atoms with Crippen LogP contribution < -0.4 is 0 Å². The quantitative estimate of drug-likeness (QED) is 0.649. The van der Waals surface area contributed by atoms with Gasteiger partial charge in [-0.3, -0.25) is 4.79 Å². The van der Waals surface area contributed by atoms with Crippen LogP contribution in [0, 0.1) is 0 Å². The fourth-order valence-corrected chi connectivity index (χ4v) is 1.12. The molecule has 0 aromatic rings. The highest BCUT2D eigenvalue weighted by atomic mass is 32.2. The van der Waals surface area contributed by atoms with E-state index in [2.05, 4.69) is 0 Å². The second-order valence-corrected chi connectivity index (χ2v) is 3.25.